The Morgan fingerprint density at radius 1 is 0.455 bits per heavy atom. The highest BCUT2D eigenvalue weighted by molar-refractivity contribution is 7.04. The molecule has 0 N–H and O–H groups in total. The Morgan fingerprint density at radius 2 is 0.927 bits per heavy atom. The molecule has 0 aromatic heterocycles. The van der Waals surface area contributed by atoms with E-state index >= 15 is 0 Å². The van der Waals surface area contributed by atoms with Gasteiger partial charge in [0.25, 0.3) is 0 Å². The summed E-state index contributed by atoms with van der Waals surface area (Å²) in [4.78, 5) is 4.84. The first-order valence-corrected chi connectivity index (χ1v) is 23.2. The summed E-state index contributed by atoms with van der Waals surface area (Å²) in [7, 11) is -1.81. The van der Waals surface area contributed by atoms with Crippen LogP contribution in [-0.2, 0) is 0 Å². The van der Waals surface area contributed by atoms with Gasteiger partial charge in [0.2, 0.25) is 0 Å². The Balaban J connectivity index is 1.01. The Kier molecular flexibility index (Phi) is 9.49. The number of para-hydroxylation sites is 2. The maximum absolute atomic E-state index is 2.49. The Labute approximate surface area is 328 Å². The number of hydrogen-bond acceptors (Lipinski definition) is 2. The van der Waals surface area contributed by atoms with Crippen LogP contribution in [0.1, 0.15) is 67.6 Å². The van der Waals surface area contributed by atoms with E-state index in [1.807, 2.05) is 0 Å². The normalized spacial score (nSPS) is 15.2. The zero-order valence-electron chi connectivity index (χ0n) is 32.3. The van der Waals surface area contributed by atoms with Gasteiger partial charge in [0.05, 0.1) is 5.69 Å². The van der Waals surface area contributed by atoms with E-state index < -0.39 is 8.07 Å². The molecule has 55 heavy (non-hydrogen) atoms. The standard InChI is InChI=1S/C52H50N2Si/c1-38(39-26-32-45(33-27-39)53(43-18-9-5-10-19-43)46-36-30-42(31-37-46)41-16-7-4-8-17-41)40-28-34-47(35-29-40)54(44-20-11-6-12-21-44)49-23-15-25-51-52(49)48-22-13-14-24-50(48)55(51,2)3/h5-6,9-15,18-38,41H,4,7-8,16-17H2,1-3H3. The Hall–Kier alpha value is -5.64. The van der Waals surface area contributed by atoms with Gasteiger partial charge in [0.1, 0.15) is 8.07 Å². The predicted octanol–water partition coefficient (Wildman–Crippen LogP) is 13.6. The Bertz CT molecular complexity index is 2380. The first-order chi connectivity index (χ1) is 27.0. The largest absolute Gasteiger partial charge is 0.311 e. The molecule has 7 aromatic rings. The average molecular weight is 731 g/mol. The van der Waals surface area contributed by atoms with Gasteiger partial charge in [-0.25, -0.2) is 0 Å². The van der Waals surface area contributed by atoms with Gasteiger partial charge < -0.3 is 9.80 Å². The molecule has 1 unspecified atom stereocenters. The van der Waals surface area contributed by atoms with Crippen molar-refractivity contribution in [2.75, 3.05) is 9.80 Å². The van der Waals surface area contributed by atoms with Crippen LogP contribution < -0.4 is 20.2 Å². The summed E-state index contributed by atoms with van der Waals surface area (Å²) in [6.07, 6.45) is 6.73. The molecule has 272 valence electrons. The third-order valence-corrected chi connectivity index (χ3v) is 15.9. The van der Waals surface area contributed by atoms with Gasteiger partial charge in [-0.3, -0.25) is 0 Å². The zero-order valence-corrected chi connectivity index (χ0v) is 33.3. The third-order valence-electron chi connectivity index (χ3n) is 12.4. The number of fused-ring (bicyclic) bond motifs is 3. The van der Waals surface area contributed by atoms with E-state index in [1.165, 1.54) is 104 Å². The predicted molar refractivity (Wildman–Crippen MR) is 238 cm³/mol. The molecule has 0 saturated heterocycles. The van der Waals surface area contributed by atoms with E-state index in [2.05, 4.69) is 206 Å². The van der Waals surface area contributed by atoms with Crippen molar-refractivity contribution in [3.05, 3.63) is 193 Å². The van der Waals surface area contributed by atoms with Crippen LogP contribution in [0.3, 0.4) is 0 Å². The van der Waals surface area contributed by atoms with Crippen LogP contribution >= 0.6 is 0 Å². The molecule has 1 heterocycles. The van der Waals surface area contributed by atoms with Gasteiger partial charge in [0, 0.05) is 39.9 Å². The lowest BCUT2D eigenvalue weighted by Crippen LogP contribution is -2.49. The molecule has 1 saturated carbocycles. The van der Waals surface area contributed by atoms with Crippen molar-refractivity contribution in [1.29, 1.82) is 0 Å². The maximum Gasteiger partial charge on any atom is 0.113 e. The van der Waals surface area contributed by atoms with Crippen molar-refractivity contribution in [3.8, 4) is 11.1 Å². The number of hydrogen-bond donors (Lipinski definition) is 0. The van der Waals surface area contributed by atoms with Crippen molar-refractivity contribution < 1.29 is 0 Å². The third kappa shape index (κ3) is 6.61. The highest BCUT2D eigenvalue weighted by atomic mass is 28.3. The summed E-state index contributed by atoms with van der Waals surface area (Å²) >= 11 is 0. The molecule has 7 aromatic carbocycles. The summed E-state index contributed by atoms with van der Waals surface area (Å²) in [5.41, 5.74) is 14.0. The van der Waals surface area contributed by atoms with Crippen LogP contribution in [-0.4, -0.2) is 8.07 Å². The first-order valence-electron chi connectivity index (χ1n) is 20.2. The summed E-state index contributed by atoms with van der Waals surface area (Å²) in [6.45, 7) is 7.31. The lowest BCUT2D eigenvalue weighted by Gasteiger charge is -2.29. The summed E-state index contributed by atoms with van der Waals surface area (Å²) in [5.74, 6) is 0.947. The zero-order chi connectivity index (χ0) is 37.4. The van der Waals surface area contributed by atoms with Crippen LogP contribution in [0, 0.1) is 0 Å². The topological polar surface area (TPSA) is 6.48 Å². The minimum Gasteiger partial charge on any atom is -0.311 e. The number of rotatable bonds is 9. The van der Waals surface area contributed by atoms with Crippen LogP contribution in [0.2, 0.25) is 13.1 Å². The molecule has 0 amide bonds. The first kappa shape index (κ1) is 35.1. The molecule has 1 aliphatic carbocycles. The van der Waals surface area contributed by atoms with E-state index in [9.17, 15) is 0 Å². The molecule has 0 spiro atoms. The summed E-state index contributed by atoms with van der Waals surface area (Å²) in [6, 6.07) is 65.5. The average Bonchev–Trinajstić information content (AvgIpc) is 3.49. The minimum atomic E-state index is -1.81. The van der Waals surface area contributed by atoms with Crippen molar-refractivity contribution in [3.63, 3.8) is 0 Å². The molecule has 3 heteroatoms. The van der Waals surface area contributed by atoms with Gasteiger partial charge in [-0.1, -0.05) is 148 Å². The maximum atomic E-state index is 2.49. The van der Waals surface area contributed by atoms with Gasteiger partial charge >= 0.3 is 0 Å². The second-order valence-corrected chi connectivity index (χ2v) is 20.4. The minimum absolute atomic E-state index is 0.243. The fourth-order valence-corrected chi connectivity index (χ4v) is 12.4. The molecular formula is C52H50N2Si. The van der Waals surface area contributed by atoms with Gasteiger partial charge in [0.15, 0.2) is 0 Å². The molecule has 2 nitrogen and oxygen atoms in total. The van der Waals surface area contributed by atoms with Crippen molar-refractivity contribution in [2.45, 2.75) is 64.0 Å². The molecular weight excluding hydrogens is 681 g/mol. The van der Waals surface area contributed by atoms with Gasteiger partial charge in [-0.05, 0) is 118 Å². The van der Waals surface area contributed by atoms with E-state index in [1.54, 1.807) is 0 Å². The lowest BCUT2D eigenvalue weighted by molar-refractivity contribution is 0.443. The molecule has 0 radical (unpaired) electrons. The summed E-state index contributed by atoms with van der Waals surface area (Å²) in [5, 5.41) is 3.04. The lowest BCUT2D eigenvalue weighted by atomic mass is 9.84. The van der Waals surface area contributed by atoms with Gasteiger partial charge in [-0.15, -0.1) is 0 Å². The fraction of sp³-hybridized carbons (Fsp3) is 0.192. The second-order valence-electron chi connectivity index (χ2n) is 16.0. The highest BCUT2D eigenvalue weighted by Crippen LogP contribution is 2.44. The van der Waals surface area contributed by atoms with Crippen molar-refractivity contribution in [2.24, 2.45) is 0 Å². The SMILES string of the molecule is CC(c1ccc(N(c2ccccc2)c2ccc(C3CCCCC3)cc2)cc1)c1ccc(N(c2ccccc2)c2cccc3c2-c2ccccc2[Si]3(C)C)cc1. The molecule has 1 atom stereocenters. The molecule has 1 aliphatic heterocycles. The second kappa shape index (κ2) is 14.9. The Morgan fingerprint density at radius 3 is 1.53 bits per heavy atom. The number of benzene rings is 7. The van der Waals surface area contributed by atoms with Crippen LogP contribution in [0.5, 0.6) is 0 Å². The van der Waals surface area contributed by atoms with E-state index in [0.29, 0.717) is 5.92 Å². The van der Waals surface area contributed by atoms with E-state index in [-0.39, 0.29) is 5.92 Å². The number of nitrogens with zero attached hydrogens (tertiary/aromatic N) is 2. The van der Waals surface area contributed by atoms with E-state index in [0.717, 1.165) is 0 Å². The van der Waals surface area contributed by atoms with Crippen LogP contribution in [0.4, 0.5) is 34.1 Å². The molecule has 0 bridgehead atoms. The van der Waals surface area contributed by atoms with E-state index in [4.69, 9.17) is 0 Å². The molecule has 2 aliphatic rings. The van der Waals surface area contributed by atoms with Gasteiger partial charge in [-0.2, -0.15) is 0 Å². The van der Waals surface area contributed by atoms with Crippen molar-refractivity contribution >= 4 is 52.6 Å². The fourth-order valence-electron chi connectivity index (χ4n) is 9.30. The highest BCUT2D eigenvalue weighted by Gasteiger charge is 2.39. The van der Waals surface area contributed by atoms with Crippen LogP contribution in [0.15, 0.2) is 176 Å². The number of anilines is 6. The summed E-state index contributed by atoms with van der Waals surface area (Å²) < 4.78 is 0. The molecule has 1 fully saturated rings. The quantitative estimate of drug-likeness (QED) is 0.136. The van der Waals surface area contributed by atoms with Crippen LogP contribution in [0.25, 0.3) is 11.1 Å². The van der Waals surface area contributed by atoms with Crippen molar-refractivity contribution in [1.82, 2.24) is 0 Å². The molecule has 9 rings (SSSR count). The monoisotopic (exact) mass is 730 g/mol. The smallest absolute Gasteiger partial charge is 0.113 e.